The molecule has 162 valence electrons. The molecule has 1 amide bonds. The summed E-state index contributed by atoms with van der Waals surface area (Å²) in [6, 6.07) is 9.01. The lowest BCUT2D eigenvalue weighted by molar-refractivity contribution is 0.220. The lowest BCUT2D eigenvalue weighted by Crippen LogP contribution is -2.39. The molecule has 0 aliphatic carbocycles. The highest BCUT2D eigenvalue weighted by molar-refractivity contribution is 6.32. The number of halogens is 1. The Bertz CT molecular complexity index is 1030. The molecule has 4 rings (SSSR count). The highest BCUT2D eigenvalue weighted by Crippen LogP contribution is 2.34. The molecule has 1 saturated heterocycles. The molecule has 8 heteroatoms. The van der Waals surface area contributed by atoms with E-state index >= 15 is 0 Å². The molecular weight excluding hydrogens is 414 g/mol. The number of pyridine rings is 1. The van der Waals surface area contributed by atoms with Crippen molar-refractivity contribution >= 4 is 17.6 Å². The Morgan fingerprint density at radius 3 is 2.61 bits per heavy atom. The van der Waals surface area contributed by atoms with Crippen molar-refractivity contribution in [1.82, 2.24) is 25.0 Å². The van der Waals surface area contributed by atoms with Crippen molar-refractivity contribution < 1.29 is 9.53 Å². The van der Waals surface area contributed by atoms with E-state index in [1.54, 1.807) is 37.8 Å². The first-order valence-electron chi connectivity index (χ1n) is 10.5. The number of hydrogen-bond donors (Lipinski definition) is 1. The standard InChI is InChI=1S/C23H26ClN5O2/c1-31-21-6-5-18(15-20(21)24)22-19(17-7-9-25-10-8-17)16-29(27-22)23(30)26-11-14-28-12-3-2-4-13-28/h5-10,15-16H,2-4,11-14H2,1H3,(H,26,30). The van der Waals surface area contributed by atoms with E-state index in [2.05, 4.69) is 20.3 Å². The fourth-order valence-electron chi connectivity index (χ4n) is 3.83. The fourth-order valence-corrected chi connectivity index (χ4v) is 4.09. The molecule has 2 aromatic heterocycles. The molecular formula is C23H26ClN5O2. The number of carbonyl (C=O) groups is 1. The second-order valence-corrected chi connectivity index (χ2v) is 7.96. The van der Waals surface area contributed by atoms with Gasteiger partial charge in [0.05, 0.1) is 12.1 Å². The topological polar surface area (TPSA) is 72.3 Å². The van der Waals surface area contributed by atoms with Crippen molar-refractivity contribution in [3.05, 3.63) is 53.9 Å². The van der Waals surface area contributed by atoms with Gasteiger partial charge < -0.3 is 15.0 Å². The molecule has 31 heavy (non-hydrogen) atoms. The minimum absolute atomic E-state index is 0.252. The molecule has 0 radical (unpaired) electrons. The van der Waals surface area contributed by atoms with Crippen molar-refractivity contribution in [2.45, 2.75) is 19.3 Å². The Labute approximate surface area is 187 Å². The first-order chi connectivity index (χ1) is 15.2. The Morgan fingerprint density at radius 2 is 1.90 bits per heavy atom. The van der Waals surface area contributed by atoms with Crippen LogP contribution in [0.5, 0.6) is 5.75 Å². The number of amides is 1. The summed E-state index contributed by atoms with van der Waals surface area (Å²) in [5.74, 6) is 0.589. The van der Waals surface area contributed by atoms with Gasteiger partial charge in [0.2, 0.25) is 0 Å². The number of ether oxygens (including phenoxy) is 1. The summed E-state index contributed by atoms with van der Waals surface area (Å²) in [4.78, 5) is 19.3. The van der Waals surface area contributed by atoms with Crippen molar-refractivity contribution in [2.24, 2.45) is 0 Å². The van der Waals surface area contributed by atoms with Crippen LogP contribution in [-0.4, -0.2) is 59.0 Å². The van der Waals surface area contributed by atoms with Gasteiger partial charge in [-0.15, -0.1) is 0 Å². The highest BCUT2D eigenvalue weighted by Gasteiger charge is 2.18. The summed E-state index contributed by atoms with van der Waals surface area (Å²) in [5, 5.41) is 8.06. The van der Waals surface area contributed by atoms with Gasteiger partial charge in [0.1, 0.15) is 11.4 Å². The monoisotopic (exact) mass is 439 g/mol. The molecule has 0 unspecified atom stereocenters. The maximum Gasteiger partial charge on any atom is 0.342 e. The van der Waals surface area contributed by atoms with Gasteiger partial charge in [0, 0.05) is 42.8 Å². The van der Waals surface area contributed by atoms with E-state index in [0.29, 0.717) is 23.0 Å². The number of piperidine rings is 1. The molecule has 7 nitrogen and oxygen atoms in total. The summed E-state index contributed by atoms with van der Waals surface area (Å²) >= 11 is 6.34. The Balaban J connectivity index is 1.57. The van der Waals surface area contributed by atoms with E-state index in [-0.39, 0.29) is 6.03 Å². The molecule has 0 saturated carbocycles. The second kappa shape index (κ2) is 9.94. The number of methoxy groups -OCH3 is 1. The van der Waals surface area contributed by atoms with Crippen molar-refractivity contribution in [1.29, 1.82) is 0 Å². The molecule has 1 aliphatic heterocycles. The average molecular weight is 440 g/mol. The van der Waals surface area contributed by atoms with E-state index < -0.39 is 0 Å². The average Bonchev–Trinajstić information content (AvgIpc) is 3.26. The van der Waals surface area contributed by atoms with E-state index in [1.165, 1.54) is 23.9 Å². The SMILES string of the molecule is COc1ccc(-c2nn(C(=O)NCCN3CCCCC3)cc2-c2ccncc2)cc1Cl. The van der Waals surface area contributed by atoms with Crippen molar-refractivity contribution in [2.75, 3.05) is 33.3 Å². The van der Waals surface area contributed by atoms with Gasteiger partial charge in [-0.05, 0) is 61.8 Å². The molecule has 1 N–H and O–H groups in total. The van der Waals surface area contributed by atoms with Gasteiger partial charge >= 0.3 is 6.03 Å². The van der Waals surface area contributed by atoms with Gasteiger partial charge in [-0.2, -0.15) is 9.78 Å². The van der Waals surface area contributed by atoms with Crippen LogP contribution in [-0.2, 0) is 0 Å². The van der Waals surface area contributed by atoms with Gasteiger partial charge in [-0.3, -0.25) is 4.98 Å². The van der Waals surface area contributed by atoms with Crippen LogP contribution in [0.1, 0.15) is 19.3 Å². The number of nitrogens with zero attached hydrogens (tertiary/aromatic N) is 4. The molecule has 1 fully saturated rings. The lowest BCUT2D eigenvalue weighted by Gasteiger charge is -2.26. The van der Waals surface area contributed by atoms with Crippen LogP contribution < -0.4 is 10.1 Å². The third-order valence-corrected chi connectivity index (χ3v) is 5.79. The smallest absolute Gasteiger partial charge is 0.342 e. The minimum Gasteiger partial charge on any atom is -0.495 e. The predicted octanol–water partition coefficient (Wildman–Crippen LogP) is 4.32. The number of rotatable bonds is 6. The summed E-state index contributed by atoms with van der Waals surface area (Å²) in [5.41, 5.74) is 3.22. The zero-order chi connectivity index (χ0) is 21.6. The van der Waals surface area contributed by atoms with E-state index in [4.69, 9.17) is 16.3 Å². The summed E-state index contributed by atoms with van der Waals surface area (Å²) in [6.45, 7) is 3.65. The maximum atomic E-state index is 12.8. The minimum atomic E-state index is -0.252. The number of benzene rings is 1. The zero-order valence-corrected chi connectivity index (χ0v) is 18.3. The van der Waals surface area contributed by atoms with Crippen LogP contribution in [0.3, 0.4) is 0 Å². The number of likely N-dealkylation sites (tertiary alicyclic amines) is 1. The molecule has 3 aromatic rings. The fraction of sp³-hybridized carbons (Fsp3) is 0.348. The lowest BCUT2D eigenvalue weighted by atomic mass is 10.0. The normalized spacial score (nSPS) is 14.4. The molecule has 0 atom stereocenters. The van der Waals surface area contributed by atoms with E-state index in [1.807, 2.05) is 18.2 Å². The first-order valence-corrected chi connectivity index (χ1v) is 10.9. The molecule has 0 spiro atoms. The maximum absolute atomic E-state index is 12.8. The van der Waals surface area contributed by atoms with Crippen LogP contribution in [0.25, 0.3) is 22.4 Å². The summed E-state index contributed by atoms with van der Waals surface area (Å²) in [7, 11) is 1.58. The van der Waals surface area contributed by atoms with Crippen molar-refractivity contribution in [3.8, 4) is 28.1 Å². The van der Waals surface area contributed by atoms with Gasteiger partial charge in [-0.25, -0.2) is 4.79 Å². The second-order valence-electron chi connectivity index (χ2n) is 7.56. The molecule has 1 aliphatic rings. The largest absolute Gasteiger partial charge is 0.495 e. The van der Waals surface area contributed by atoms with Crippen LogP contribution in [0.2, 0.25) is 5.02 Å². The number of hydrogen-bond acceptors (Lipinski definition) is 5. The Kier molecular flexibility index (Phi) is 6.84. The van der Waals surface area contributed by atoms with Crippen LogP contribution in [0.4, 0.5) is 4.79 Å². The van der Waals surface area contributed by atoms with Crippen molar-refractivity contribution in [3.63, 3.8) is 0 Å². The molecule has 0 bridgehead atoms. The van der Waals surface area contributed by atoms with Crippen LogP contribution >= 0.6 is 11.6 Å². The predicted molar refractivity (Wildman–Crippen MR) is 122 cm³/mol. The van der Waals surface area contributed by atoms with Crippen LogP contribution in [0, 0.1) is 0 Å². The Morgan fingerprint density at radius 1 is 1.13 bits per heavy atom. The number of carbonyl (C=O) groups excluding carboxylic acids is 1. The first kappa shape index (κ1) is 21.3. The highest BCUT2D eigenvalue weighted by atomic mass is 35.5. The van der Waals surface area contributed by atoms with Gasteiger partial charge in [0.25, 0.3) is 0 Å². The molecule has 3 heterocycles. The third-order valence-electron chi connectivity index (χ3n) is 5.49. The van der Waals surface area contributed by atoms with Crippen LogP contribution in [0.15, 0.2) is 48.9 Å². The summed E-state index contributed by atoms with van der Waals surface area (Å²) in [6.07, 6.45) is 8.95. The van der Waals surface area contributed by atoms with Gasteiger partial charge in [0.15, 0.2) is 0 Å². The van der Waals surface area contributed by atoms with E-state index in [9.17, 15) is 4.79 Å². The molecule has 1 aromatic carbocycles. The quantitative estimate of drug-likeness (QED) is 0.619. The number of nitrogens with one attached hydrogen (secondary N) is 1. The zero-order valence-electron chi connectivity index (χ0n) is 17.6. The van der Waals surface area contributed by atoms with Gasteiger partial charge in [-0.1, -0.05) is 18.0 Å². The third kappa shape index (κ3) is 5.06. The summed E-state index contributed by atoms with van der Waals surface area (Å²) < 4.78 is 6.62. The number of aromatic nitrogens is 3. The Hall–Kier alpha value is -2.90. The van der Waals surface area contributed by atoms with E-state index in [0.717, 1.165) is 36.3 Å².